The molecule has 0 spiro atoms. The van der Waals surface area contributed by atoms with Crippen LogP contribution in [0.25, 0.3) is 0 Å². The van der Waals surface area contributed by atoms with Crippen LogP contribution in [-0.4, -0.2) is 34.2 Å². The summed E-state index contributed by atoms with van der Waals surface area (Å²) in [6, 6.07) is -0.523. The highest BCUT2D eigenvalue weighted by Gasteiger charge is 2.17. The molecule has 0 unspecified atom stereocenters. The molecule has 6 heteroatoms. The summed E-state index contributed by atoms with van der Waals surface area (Å²) in [4.78, 5) is 23.4. The summed E-state index contributed by atoms with van der Waals surface area (Å²) in [5, 5.41) is 9.62. The zero-order valence-electron chi connectivity index (χ0n) is 12.2. The van der Waals surface area contributed by atoms with E-state index in [0.29, 0.717) is 6.54 Å². The van der Waals surface area contributed by atoms with Crippen LogP contribution in [0.1, 0.15) is 30.8 Å². The van der Waals surface area contributed by atoms with Crippen molar-refractivity contribution in [3.63, 3.8) is 0 Å². The lowest BCUT2D eigenvalue weighted by Crippen LogP contribution is -2.45. The van der Waals surface area contributed by atoms with Crippen molar-refractivity contribution in [2.24, 2.45) is 7.05 Å². The van der Waals surface area contributed by atoms with Crippen molar-refractivity contribution in [1.29, 1.82) is 0 Å². The number of nitrogens with one attached hydrogen (secondary N) is 2. The lowest BCUT2D eigenvalue weighted by Gasteiger charge is -2.13. The molecular formula is C13H22N4O2. The highest BCUT2D eigenvalue weighted by atomic mass is 16.2. The Kier molecular flexibility index (Phi) is 5.09. The molecule has 1 rings (SSSR count). The zero-order chi connectivity index (χ0) is 14.6. The number of nitrogens with zero attached hydrogens (tertiary/aromatic N) is 2. The molecule has 2 amide bonds. The minimum Gasteiger partial charge on any atom is -0.355 e. The monoisotopic (exact) mass is 266 g/mol. The third kappa shape index (κ3) is 3.81. The molecule has 19 heavy (non-hydrogen) atoms. The summed E-state index contributed by atoms with van der Waals surface area (Å²) in [6.07, 6.45) is 0.245. The van der Waals surface area contributed by atoms with E-state index >= 15 is 0 Å². The van der Waals surface area contributed by atoms with Gasteiger partial charge in [0.05, 0.1) is 12.1 Å². The number of likely N-dealkylation sites (N-methyl/N-ethyl adjacent to an activating group) is 1. The molecule has 0 saturated heterocycles. The molecule has 0 aliphatic carbocycles. The van der Waals surface area contributed by atoms with E-state index in [1.807, 2.05) is 27.8 Å². The topological polar surface area (TPSA) is 76.0 Å². The van der Waals surface area contributed by atoms with Gasteiger partial charge in [-0.3, -0.25) is 14.3 Å². The summed E-state index contributed by atoms with van der Waals surface area (Å²) in [5.41, 5.74) is 2.74. The van der Waals surface area contributed by atoms with Crippen molar-refractivity contribution >= 4 is 11.8 Å². The third-order valence-corrected chi connectivity index (χ3v) is 3.12. The van der Waals surface area contributed by atoms with Crippen LogP contribution in [0.3, 0.4) is 0 Å². The Morgan fingerprint density at radius 1 is 1.37 bits per heavy atom. The predicted octanol–water partition coefficient (Wildman–Crippen LogP) is 0.220. The fourth-order valence-corrected chi connectivity index (χ4v) is 1.92. The van der Waals surface area contributed by atoms with Gasteiger partial charge in [-0.2, -0.15) is 5.10 Å². The molecular weight excluding hydrogens is 244 g/mol. The number of hydrogen-bond acceptors (Lipinski definition) is 3. The summed E-state index contributed by atoms with van der Waals surface area (Å²) >= 11 is 0. The second-order valence-electron chi connectivity index (χ2n) is 4.63. The summed E-state index contributed by atoms with van der Waals surface area (Å²) in [7, 11) is 1.85. The lowest BCUT2D eigenvalue weighted by atomic mass is 10.1. The van der Waals surface area contributed by atoms with Gasteiger partial charge in [0.15, 0.2) is 0 Å². The molecule has 0 fully saturated rings. The molecule has 0 radical (unpaired) electrons. The molecule has 106 valence electrons. The van der Waals surface area contributed by atoms with Crippen LogP contribution in [0.2, 0.25) is 0 Å². The van der Waals surface area contributed by atoms with Gasteiger partial charge in [0.25, 0.3) is 0 Å². The first-order valence-electron chi connectivity index (χ1n) is 6.43. The fourth-order valence-electron chi connectivity index (χ4n) is 1.92. The number of carbonyl (C=O) groups excluding carboxylic acids is 2. The van der Waals surface area contributed by atoms with Gasteiger partial charge in [-0.25, -0.2) is 0 Å². The van der Waals surface area contributed by atoms with Gasteiger partial charge in [-0.15, -0.1) is 0 Å². The summed E-state index contributed by atoms with van der Waals surface area (Å²) < 4.78 is 1.76. The SMILES string of the molecule is CCNC(=O)[C@@H](C)NC(=O)Cc1c(C)nn(C)c1C. The van der Waals surface area contributed by atoms with Gasteiger partial charge >= 0.3 is 0 Å². The minimum absolute atomic E-state index is 0.169. The number of hydrogen-bond donors (Lipinski definition) is 2. The van der Waals surface area contributed by atoms with Crippen LogP contribution in [0.15, 0.2) is 0 Å². The smallest absolute Gasteiger partial charge is 0.242 e. The first-order valence-corrected chi connectivity index (χ1v) is 6.43. The molecule has 2 N–H and O–H groups in total. The van der Waals surface area contributed by atoms with E-state index < -0.39 is 6.04 Å². The molecule has 1 aromatic rings. The molecule has 0 aliphatic rings. The molecule has 1 atom stereocenters. The van der Waals surface area contributed by atoms with E-state index in [9.17, 15) is 9.59 Å². The molecule has 0 saturated carbocycles. The van der Waals surface area contributed by atoms with Crippen molar-refractivity contribution in [3.8, 4) is 0 Å². The van der Waals surface area contributed by atoms with Crippen LogP contribution in [0.5, 0.6) is 0 Å². The van der Waals surface area contributed by atoms with E-state index in [-0.39, 0.29) is 18.2 Å². The van der Waals surface area contributed by atoms with E-state index in [2.05, 4.69) is 15.7 Å². The molecule has 0 aliphatic heterocycles. The van der Waals surface area contributed by atoms with Crippen LogP contribution in [-0.2, 0) is 23.1 Å². The van der Waals surface area contributed by atoms with Crippen LogP contribution >= 0.6 is 0 Å². The second-order valence-corrected chi connectivity index (χ2v) is 4.63. The van der Waals surface area contributed by atoms with Crippen molar-refractivity contribution in [2.75, 3.05) is 6.54 Å². The standard InChI is InChI=1S/C13H22N4O2/c1-6-14-13(19)9(3)15-12(18)7-11-8(2)16-17(5)10(11)4/h9H,6-7H2,1-5H3,(H,14,19)(H,15,18)/t9-/m1/s1. The lowest BCUT2D eigenvalue weighted by molar-refractivity contribution is -0.128. The Balaban J connectivity index is 2.63. The predicted molar refractivity (Wildman–Crippen MR) is 72.7 cm³/mol. The van der Waals surface area contributed by atoms with Crippen LogP contribution in [0, 0.1) is 13.8 Å². The van der Waals surface area contributed by atoms with Gasteiger partial charge in [-0.05, 0) is 27.7 Å². The Morgan fingerprint density at radius 2 is 2.00 bits per heavy atom. The van der Waals surface area contributed by atoms with Crippen molar-refractivity contribution in [3.05, 3.63) is 17.0 Å². The summed E-state index contributed by atoms with van der Waals surface area (Å²) in [5.74, 6) is -0.339. The maximum atomic E-state index is 11.9. The highest BCUT2D eigenvalue weighted by Crippen LogP contribution is 2.12. The van der Waals surface area contributed by atoms with Crippen molar-refractivity contribution in [2.45, 2.75) is 40.2 Å². The number of rotatable bonds is 5. The Morgan fingerprint density at radius 3 is 2.47 bits per heavy atom. The average molecular weight is 266 g/mol. The minimum atomic E-state index is -0.523. The Hall–Kier alpha value is -1.85. The van der Waals surface area contributed by atoms with Crippen LogP contribution in [0.4, 0.5) is 0 Å². The van der Waals surface area contributed by atoms with Crippen molar-refractivity contribution in [1.82, 2.24) is 20.4 Å². The third-order valence-electron chi connectivity index (χ3n) is 3.12. The van der Waals surface area contributed by atoms with Crippen LogP contribution < -0.4 is 10.6 Å². The van der Waals surface area contributed by atoms with Gasteiger partial charge in [0.2, 0.25) is 11.8 Å². The quantitative estimate of drug-likeness (QED) is 0.800. The number of amides is 2. The first-order chi connectivity index (χ1) is 8.86. The number of carbonyl (C=O) groups is 2. The van der Waals surface area contributed by atoms with E-state index in [1.165, 1.54) is 0 Å². The Labute approximate surface area is 113 Å². The molecule has 1 aromatic heterocycles. The van der Waals surface area contributed by atoms with E-state index in [1.54, 1.807) is 11.6 Å². The maximum Gasteiger partial charge on any atom is 0.242 e. The summed E-state index contributed by atoms with van der Waals surface area (Å²) in [6.45, 7) is 7.87. The average Bonchev–Trinajstić information content (AvgIpc) is 2.56. The van der Waals surface area contributed by atoms with Gasteiger partial charge in [0, 0.05) is 24.8 Å². The van der Waals surface area contributed by atoms with Gasteiger partial charge in [0.1, 0.15) is 6.04 Å². The van der Waals surface area contributed by atoms with Gasteiger partial charge < -0.3 is 10.6 Å². The fraction of sp³-hybridized carbons (Fsp3) is 0.615. The van der Waals surface area contributed by atoms with E-state index in [0.717, 1.165) is 17.0 Å². The molecule has 1 heterocycles. The zero-order valence-corrected chi connectivity index (χ0v) is 12.2. The molecule has 6 nitrogen and oxygen atoms in total. The Bertz CT molecular complexity index is 479. The highest BCUT2D eigenvalue weighted by molar-refractivity contribution is 5.88. The molecule has 0 bridgehead atoms. The van der Waals surface area contributed by atoms with Gasteiger partial charge in [-0.1, -0.05) is 0 Å². The first kappa shape index (κ1) is 15.2. The number of aryl methyl sites for hydroxylation is 2. The molecule has 0 aromatic carbocycles. The van der Waals surface area contributed by atoms with E-state index in [4.69, 9.17) is 0 Å². The van der Waals surface area contributed by atoms with Crippen molar-refractivity contribution < 1.29 is 9.59 Å². The second kappa shape index (κ2) is 6.36. The largest absolute Gasteiger partial charge is 0.355 e. The maximum absolute atomic E-state index is 11.9. The number of aromatic nitrogens is 2. The normalized spacial score (nSPS) is 12.1.